The third kappa shape index (κ3) is 5.07. The molecule has 0 radical (unpaired) electrons. The number of carbonyl (C=O) groups excluding carboxylic acids is 1. The minimum atomic E-state index is -4.61. The molecule has 1 aromatic heterocycles. The zero-order valence-corrected chi connectivity index (χ0v) is 17.6. The van der Waals surface area contributed by atoms with Crippen LogP contribution in [0.5, 0.6) is 0 Å². The van der Waals surface area contributed by atoms with Gasteiger partial charge >= 0.3 is 6.18 Å². The summed E-state index contributed by atoms with van der Waals surface area (Å²) in [4.78, 5) is 20.6. The van der Waals surface area contributed by atoms with E-state index in [-0.39, 0.29) is 16.8 Å². The third-order valence-electron chi connectivity index (χ3n) is 5.08. The number of nitrogens with zero attached hydrogens (tertiary/aromatic N) is 2. The number of carbonyl (C=O) groups is 1. The van der Waals surface area contributed by atoms with Crippen molar-refractivity contribution in [3.8, 4) is 11.3 Å². The second kappa shape index (κ2) is 8.70. The maximum Gasteiger partial charge on any atom is 0.433 e. The van der Waals surface area contributed by atoms with Crippen molar-refractivity contribution in [2.75, 3.05) is 5.32 Å². The zero-order chi connectivity index (χ0) is 22.0. The summed E-state index contributed by atoms with van der Waals surface area (Å²) < 4.78 is 40.1. The summed E-state index contributed by atoms with van der Waals surface area (Å²) in [7, 11) is 0. The molecule has 1 N–H and O–H groups in total. The Hall–Kier alpha value is -2.87. The molecule has 0 bridgehead atoms. The zero-order valence-electron chi connectivity index (χ0n) is 16.7. The first-order chi connectivity index (χ1) is 14.8. The van der Waals surface area contributed by atoms with Gasteiger partial charge in [0.25, 0.3) is 0 Å². The van der Waals surface area contributed by atoms with Crippen LogP contribution < -0.4 is 5.32 Å². The quantitative estimate of drug-likeness (QED) is 0.402. The van der Waals surface area contributed by atoms with Crippen LogP contribution in [0.1, 0.15) is 30.2 Å². The summed E-state index contributed by atoms with van der Waals surface area (Å²) >= 11 is 0.901. The third-order valence-corrected chi connectivity index (χ3v) is 6.04. The number of amides is 1. The van der Waals surface area contributed by atoms with Crippen molar-refractivity contribution in [2.24, 2.45) is 0 Å². The lowest BCUT2D eigenvalue weighted by molar-refractivity contribution is -0.141. The maximum absolute atomic E-state index is 13.4. The van der Waals surface area contributed by atoms with Gasteiger partial charge in [-0.3, -0.25) is 4.79 Å². The minimum Gasteiger partial charge on any atom is -0.325 e. The number of alkyl halides is 3. The van der Waals surface area contributed by atoms with Crippen molar-refractivity contribution in [1.29, 1.82) is 0 Å². The Morgan fingerprint density at radius 1 is 1.03 bits per heavy atom. The fourth-order valence-corrected chi connectivity index (χ4v) is 4.27. The SMILES string of the molecule is C[C@@H](Sc1nc(-c2ccccc2)cc(C(F)(F)F)n1)C(=O)Nc1ccc2c(c1)CCC2. The van der Waals surface area contributed by atoms with Gasteiger partial charge < -0.3 is 5.32 Å². The molecule has 1 aliphatic rings. The van der Waals surface area contributed by atoms with Gasteiger partial charge in [0.05, 0.1) is 10.9 Å². The van der Waals surface area contributed by atoms with E-state index in [1.807, 2.05) is 18.2 Å². The number of hydrogen-bond acceptors (Lipinski definition) is 4. The summed E-state index contributed by atoms with van der Waals surface area (Å²) in [5, 5.41) is 2.07. The van der Waals surface area contributed by atoms with Crippen molar-refractivity contribution in [3.63, 3.8) is 0 Å². The van der Waals surface area contributed by atoms with E-state index in [0.717, 1.165) is 37.1 Å². The topological polar surface area (TPSA) is 54.9 Å². The number of nitrogens with one attached hydrogen (secondary N) is 1. The highest BCUT2D eigenvalue weighted by Gasteiger charge is 2.34. The molecule has 0 unspecified atom stereocenters. The Morgan fingerprint density at radius 2 is 1.77 bits per heavy atom. The fraction of sp³-hybridized carbons (Fsp3) is 0.261. The fourth-order valence-electron chi connectivity index (χ4n) is 3.48. The van der Waals surface area contributed by atoms with Crippen molar-refractivity contribution < 1.29 is 18.0 Å². The Bertz CT molecular complexity index is 1100. The molecule has 0 spiro atoms. The Balaban J connectivity index is 1.54. The second-order valence-corrected chi connectivity index (χ2v) is 8.68. The van der Waals surface area contributed by atoms with Crippen LogP contribution in [-0.4, -0.2) is 21.1 Å². The summed E-state index contributed by atoms with van der Waals surface area (Å²) in [5.74, 6) is -0.315. The van der Waals surface area contributed by atoms with Crippen LogP contribution >= 0.6 is 11.8 Å². The summed E-state index contributed by atoms with van der Waals surface area (Å²) in [6.45, 7) is 1.62. The standard InChI is InChI=1S/C23H20F3N3OS/c1-14(21(30)27-18-11-10-15-8-5-9-17(15)12-18)31-22-28-19(16-6-3-2-4-7-16)13-20(29-22)23(24,25)26/h2-4,6-7,10-14H,5,8-9H2,1H3,(H,27,30)/t14-/m1/s1. The number of aromatic nitrogens is 2. The van der Waals surface area contributed by atoms with Gasteiger partial charge in [0.2, 0.25) is 5.91 Å². The molecule has 3 aromatic rings. The van der Waals surface area contributed by atoms with Crippen molar-refractivity contribution in [2.45, 2.75) is 42.8 Å². The summed E-state index contributed by atoms with van der Waals surface area (Å²) in [6, 6.07) is 15.3. The molecular formula is C23H20F3N3OS. The number of fused-ring (bicyclic) bond motifs is 1. The van der Waals surface area contributed by atoms with Gasteiger partial charge in [-0.05, 0) is 55.5 Å². The van der Waals surface area contributed by atoms with Crippen LogP contribution in [-0.2, 0) is 23.8 Å². The highest BCUT2D eigenvalue weighted by Crippen LogP contribution is 2.33. The van der Waals surface area contributed by atoms with Crippen LogP contribution in [0.4, 0.5) is 18.9 Å². The van der Waals surface area contributed by atoms with Crippen LogP contribution in [0, 0.1) is 0 Å². The lowest BCUT2D eigenvalue weighted by Gasteiger charge is -2.14. The first-order valence-corrected chi connectivity index (χ1v) is 10.8. The average molecular weight is 443 g/mol. The molecule has 4 rings (SSSR count). The predicted molar refractivity (Wildman–Crippen MR) is 115 cm³/mol. The van der Waals surface area contributed by atoms with Crippen molar-refractivity contribution in [3.05, 3.63) is 71.4 Å². The first-order valence-electron chi connectivity index (χ1n) is 9.90. The van der Waals surface area contributed by atoms with E-state index in [1.54, 1.807) is 37.3 Å². The molecule has 0 aliphatic heterocycles. The van der Waals surface area contributed by atoms with Gasteiger partial charge in [-0.2, -0.15) is 13.2 Å². The van der Waals surface area contributed by atoms with E-state index < -0.39 is 17.1 Å². The van der Waals surface area contributed by atoms with E-state index in [2.05, 4.69) is 15.3 Å². The number of benzene rings is 2. The second-order valence-electron chi connectivity index (χ2n) is 7.37. The number of aryl methyl sites for hydroxylation is 2. The molecule has 31 heavy (non-hydrogen) atoms. The van der Waals surface area contributed by atoms with Gasteiger partial charge in [-0.25, -0.2) is 9.97 Å². The van der Waals surface area contributed by atoms with Crippen LogP contribution in [0.15, 0.2) is 59.8 Å². The van der Waals surface area contributed by atoms with E-state index >= 15 is 0 Å². The van der Waals surface area contributed by atoms with Crippen molar-refractivity contribution in [1.82, 2.24) is 9.97 Å². The molecule has 1 heterocycles. The number of rotatable bonds is 5. The van der Waals surface area contributed by atoms with Gasteiger partial charge in [-0.1, -0.05) is 48.2 Å². The number of halogens is 3. The van der Waals surface area contributed by atoms with Gasteiger partial charge in [0, 0.05) is 11.3 Å². The monoisotopic (exact) mass is 443 g/mol. The molecule has 4 nitrogen and oxygen atoms in total. The Kier molecular flexibility index (Phi) is 6.00. The molecule has 1 atom stereocenters. The van der Waals surface area contributed by atoms with Crippen molar-refractivity contribution >= 4 is 23.4 Å². The summed E-state index contributed by atoms with van der Waals surface area (Å²) in [5.41, 5.74) is 2.89. The van der Waals surface area contributed by atoms with E-state index in [0.29, 0.717) is 11.3 Å². The molecular weight excluding hydrogens is 423 g/mol. The first kappa shape index (κ1) is 21.4. The van der Waals surface area contributed by atoms with E-state index in [1.165, 1.54) is 11.1 Å². The number of hydrogen-bond donors (Lipinski definition) is 1. The number of anilines is 1. The normalized spacial score (nSPS) is 14.2. The van der Waals surface area contributed by atoms with Crippen LogP contribution in [0.2, 0.25) is 0 Å². The molecule has 160 valence electrons. The largest absolute Gasteiger partial charge is 0.433 e. The van der Waals surface area contributed by atoms with E-state index in [9.17, 15) is 18.0 Å². The molecule has 1 amide bonds. The Labute approximate surface area is 182 Å². The van der Waals surface area contributed by atoms with Crippen LogP contribution in [0.25, 0.3) is 11.3 Å². The predicted octanol–water partition coefficient (Wildman–Crippen LogP) is 5.77. The molecule has 8 heteroatoms. The molecule has 0 saturated carbocycles. The minimum absolute atomic E-state index is 0.0923. The molecule has 2 aromatic carbocycles. The Morgan fingerprint density at radius 3 is 2.52 bits per heavy atom. The van der Waals surface area contributed by atoms with Gasteiger partial charge in [0.1, 0.15) is 5.69 Å². The van der Waals surface area contributed by atoms with Crippen LogP contribution in [0.3, 0.4) is 0 Å². The molecule has 0 saturated heterocycles. The smallest absolute Gasteiger partial charge is 0.325 e. The average Bonchev–Trinajstić information content (AvgIpc) is 3.21. The van der Waals surface area contributed by atoms with Gasteiger partial charge in [-0.15, -0.1) is 0 Å². The molecule has 1 aliphatic carbocycles. The highest BCUT2D eigenvalue weighted by molar-refractivity contribution is 8.00. The number of thioether (sulfide) groups is 1. The lowest BCUT2D eigenvalue weighted by Crippen LogP contribution is -2.23. The summed E-state index contributed by atoms with van der Waals surface area (Å²) in [6.07, 6.45) is -1.47. The maximum atomic E-state index is 13.4. The van der Waals surface area contributed by atoms with E-state index in [4.69, 9.17) is 0 Å². The molecule has 0 fully saturated rings. The highest BCUT2D eigenvalue weighted by atomic mass is 32.2. The lowest BCUT2D eigenvalue weighted by atomic mass is 10.1. The van der Waals surface area contributed by atoms with Gasteiger partial charge in [0.15, 0.2) is 5.16 Å².